The van der Waals surface area contributed by atoms with Crippen LogP contribution in [0.25, 0.3) is 0 Å². The summed E-state index contributed by atoms with van der Waals surface area (Å²) >= 11 is 0. The maximum absolute atomic E-state index is 11.8. The summed E-state index contributed by atoms with van der Waals surface area (Å²) in [5, 5.41) is 8.90. The van der Waals surface area contributed by atoms with Crippen molar-refractivity contribution in [1.82, 2.24) is 9.80 Å². The van der Waals surface area contributed by atoms with E-state index in [2.05, 4.69) is 11.8 Å². The van der Waals surface area contributed by atoms with Crippen LogP contribution in [0.15, 0.2) is 0 Å². The van der Waals surface area contributed by atoms with Crippen molar-refractivity contribution in [2.45, 2.75) is 26.2 Å². The van der Waals surface area contributed by atoms with Gasteiger partial charge in [0, 0.05) is 33.1 Å². The Bertz CT molecular complexity index is 194. The van der Waals surface area contributed by atoms with Gasteiger partial charge < -0.3 is 20.6 Å². The van der Waals surface area contributed by atoms with E-state index in [1.165, 1.54) is 0 Å². The number of amides is 1. The second-order valence-corrected chi connectivity index (χ2v) is 4.27. The number of hydrogen-bond donors (Lipinski definition) is 2. The highest BCUT2D eigenvalue weighted by Crippen LogP contribution is 1.98. The van der Waals surface area contributed by atoms with E-state index in [1.807, 2.05) is 7.05 Å². The zero-order chi connectivity index (χ0) is 13.1. The van der Waals surface area contributed by atoms with Crippen molar-refractivity contribution >= 4 is 5.91 Å². The predicted molar refractivity (Wildman–Crippen MR) is 69.7 cm³/mol. The molecular weight excluding hydrogens is 218 g/mol. The summed E-state index contributed by atoms with van der Waals surface area (Å²) in [7, 11) is 1.81. The number of rotatable bonds is 10. The summed E-state index contributed by atoms with van der Waals surface area (Å²) in [5.74, 6) is 0.150. The minimum Gasteiger partial charge on any atom is -0.395 e. The van der Waals surface area contributed by atoms with E-state index in [-0.39, 0.29) is 12.5 Å². The number of aliphatic hydroxyl groups is 1. The number of carbonyl (C=O) groups excluding carboxylic acids is 1. The normalized spacial score (nSPS) is 10.9. The van der Waals surface area contributed by atoms with Gasteiger partial charge in [-0.05, 0) is 25.9 Å². The Morgan fingerprint density at radius 1 is 1.24 bits per heavy atom. The second-order valence-electron chi connectivity index (χ2n) is 4.27. The summed E-state index contributed by atoms with van der Waals surface area (Å²) in [4.78, 5) is 15.6. The van der Waals surface area contributed by atoms with Crippen molar-refractivity contribution < 1.29 is 9.90 Å². The molecular formula is C12H27N3O2. The molecule has 0 fully saturated rings. The fourth-order valence-electron chi connectivity index (χ4n) is 1.69. The Labute approximate surface area is 105 Å². The van der Waals surface area contributed by atoms with E-state index in [0.717, 1.165) is 32.5 Å². The molecule has 0 spiro atoms. The molecule has 0 heterocycles. The quantitative estimate of drug-likeness (QED) is 0.563. The number of nitrogens with two attached hydrogens (primary N) is 1. The van der Waals surface area contributed by atoms with Crippen LogP contribution in [0.5, 0.6) is 0 Å². The first-order chi connectivity index (χ1) is 8.15. The van der Waals surface area contributed by atoms with Gasteiger partial charge in [0.2, 0.25) is 5.91 Å². The Kier molecular flexibility index (Phi) is 10.1. The predicted octanol–water partition coefficient (Wildman–Crippen LogP) is -0.112. The molecule has 3 N–H and O–H groups in total. The van der Waals surface area contributed by atoms with Crippen LogP contribution in [0.3, 0.4) is 0 Å². The molecule has 0 radical (unpaired) electrons. The Hall–Kier alpha value is -0.650. The first-order valence-corrected chi connectivity index (χ1v) is 6.42. The summed E-state index contributed by atoms with van der Waals surface area (Å²) in [6.45, 7) is 5.89. The molecule has 0 rings (SSSR count). The third kappa shape index (κ3) is 8.12. The number of aliphatic hydroxyl groups excluding tert-OH is 1. The van der Waals surface area contributed by atoms with Crippen molar-refractivity contribution in [1.29, 1.82) is 0 Å². The number of nitrogens with zero attached hydrogens (tertiary/aromatic N) is 2. The minimum absolute atomic E-state index is 0.150. The molecule has 0 aliphatic heterocycles. The average Bonchev–Trinajstić information content (AvgIpc) is 2.33. The minimum atomic E-state index is 0.150. The lowest BCUT2D eigenvalue weighted by Gasteiger charge is -2.22. The molecule has 0 aliphatic carbocycles. The van der Waals surface area contributed by atoms with Gasteiger partial charge in [-0.2, -0.15) is 0 Å². The molecule has 5 nitrogen and oxygen atoms in total. The molecule has 5 heteroatoms. The van der Waals surface area contributed by atoms with Gasteiger partial charge in [0.15, 0.2) is 0 Å². The monoisotopic (exact) mass is 245 g/mol. The maximum atomic E-state index is 11.8. The van der Waals surface area contributed by atoms with Gasteiger partial charge in [-0.1, -0.05) is 6.92 Å². The third-order valence-electron chi connectivity index (χ3n) is 2.72. The van der Waals surface area contributed by atoms with Crippen LogP contribution in [0, 0.1) is 0 Å². The van der Waals surface area contributed by atoms with Gasteiger partial charge in [0.25, 0.3) is 0 Å². The molecule has 17 heavy (non-hydrogen) atoms. The molecule has 0 saturated heterocycles. The topological polar surface area (TPSA) is 69.8 Å². The van der Waals surface area contributed by atoms with Gasteiger partial charge in [0.05, 0.1) is 6.61 Å². The summed E-state index contributed by atoms with van der Waals surface area (Å²) in [6.07, 6.45) is 2.40. The Balaban J connectivity index is 3.85. The van der Waals surface area contributed by atoms with Crippen LogP contribution in [0.1, 0.15) is 26.2 Å². The smallest absolute Gasteiger partial charge is 0.223 e. The zero-order valence-electron chi connectivity index (χ0n) is 11.2. The molecule has 102 valence electrons. The Morgan fingerprint density at radius 2 is 1.94 bits per heavy atom. The lowest BCUT2D eigenvalue weighted by molar-refractivity contribution is -0.130. The van der Waals surface area contributed by atoms with Crippen LogP contribution >= 0.6 is 0 Å². The zero-order valence-corrected chi connectivity index (χ0v) is 11.2. The molecule has 0 aromatic rings. The van der Waals surface area contributed by atoms with Gasteiger partial charge >= 0.3 is 0 Å². The van der Waals surface area contributed by atoms with E-state index in [4.69, 9.17) is 10.8 Å². The van der Waals surface area contributed by atoms with E-state index >= 15 is 0 Å². The van der Waals surface area contributed by atoms with E-state index in [9.17, 15) is 4.79 Å². The van der Waals surface area contributed by atoms with Gasteiger partial charge in [-0.25, -0.2) is 0 Å². The van der Waals surface area contributed by atoms with Crippen LogP contribution in [0.2, 0.25) is 0 Å². The number of hydrogen-bond acceptors (Lipinski definition) is 4. The SMILES string of the molecule is CCCN(CCO)CCC(=O)N(C)CCCN. The highest BCUT2D eigenvalue weighted by Gasteiger charge is 2.10. The molecule has 0 aliphatic rings. The Morgan fingerprint density at radius 3 is 2.47 bits per heavy atom. The molecule has 0 unspecified atom stereocenters. The number of carbonyl (C=O) groups is 1. The van der Waals surface area contributed by atoms with Crippen molar-refractivity contribution in [3.8, 4) is 0 Å². The van der Waals surface area contributed by atoms with Crippen molar-refractivity contribution in [3.05, 3.63) is 0 Å². The third-order valence-corrected chi connectivity index (χ3v) is 2.72. The lowest BCUT2D eigenvalue weighted by atomic mass is 10.3. The largest absolute Gasteiger partial charge is 0.395 e. The van der Waals surface area contributed by atoms with Gasteiger partial charge in [-0.3, -0.25) is 4.79 Å². The van der Waals surface area contributed by atoms with E-state index in [0.29, 0.717) is 19.5 Å². The van der Waals surface area contributed by atoms with Crippen LogP contribution in [0.4, 0.5) is 0 Å². The fourth-order valence-corrected chi connectivity index (χ4v) is 1.69. The fraction of sp³-hybridized carbons (Fsp3) is 0.917. The van der Waals surface area contributed by atoms with E-state index < -0.39 is 0 Å². The molecule has 0 saturated carbocycles. The average molecular weight is 245 g/mol. The molecule has 0 aromatic heterocycles. The van der Waals surface area contributed by atoms with Crippen molar-refractivity contribution in [3.63, 3.8) is 0 Å². The van der Waals surface area contributed by atoms with Crippen LogP contribution in [-0.4, -0.2) is 67.2 Å². The molecule has 1 amide bonds. The summed E-state index contributed by atoms with van der Waals surface area (Å²) in [6, 6.07) is 0. The van der Waals surface area contributed by atoms with Crippen LogP contribution < -0.4 is 5.73 Å². The van der Waals surface area contributed by atoms with Gasteiger partial charge in [-0.15, -0.1) is 0 Å². The van der Waals surface area contributed by atoms with Crippen molar-refractivity contribution in [2.24, 2.45) is 5.73 Å². The van der Waals surface area contributed by atoms with Crippen LogP contribution in [-0.2, 0) is 4.79 Å². The summed E-state index contributed by atoms with van der Waals surface area (Å²) in [5.41, 5.74) is 5.40. The maximum Gasteiger partial charge on any atom is 0.223 e. The molecule has 0 aromatic carbocycles. The second kappa shape index (κ2) is 10.5. The first-order valence-electron chi connectivity index (χ1n) is 6.42. The molecule has 0 bridgehead atoms. The molecule has 0 atom stereocenters. The van der Waals surface area contributed by atoms with Gasteiger partial charge in [0.1, 0.15) is 0 Å². The van der Waals surface area contributed by atoms with E-state index in [1.54, 1.807) is 4.90 Å². The van der Waals surface area contributed by atoms with Crippen molar-refractivity contribution in [2.75, 3.05) is 46.4 Å². The first kappa shape index (κ1) is 16.4. The standard InChI is InChI=1S/C12H27N3O2/c1-3-7-15(10-11-16)9-5-12(17)14(2)8-4-6-13/h16H,3-11,13H2,1-2H3. The lowest BCUT2D eigenvalue weighted by Crippen LogP contribution is -2.34. The summed E-state index contributed by atoms with van der Waals surface area (Å²) < 4.78 is 0. The highest BCUT2D eigenvalue weighted by molar-refractivity contribution is 5.76. The highest BCUT2D eigenvalue weighted by atomic mass is 16.3.